The van der Waals surface area contributed by atoms with Gasteiger partial charge in [-0.3, -0.25) is 4.79 Å². The summed E-state index contributed by atoms with van der Waals surface area (Å²) >= 11 is 3.06. The van der Waals surface area contributed by atoms with E-state index >= 15 is 0 Å². The molecule has 0 aliphatic rings. The normalized spacial score (nSPS) is 15.8. The van der Waals surface area contributed by atoms with Gasteiger partial charge < -0.3 is 10.1 Å². The van der Waals surface area contributed by atoms with Gasteiger partial charge >= 0.3 is 5.97 Å². The summed E-state index contributed by atoms with van der Waals surface area (Å²) in [7, 11) is 3.18. The maximum absolute atomic E-state index is 11.8. The topological polar surface area (TPSA) is 64.1 Å². The van der Waals surface area contributed by atoms with E-state index in [2.05, 4.69) is 21.6 Å². The van der Waals surface area contributed by atoms with Crippen molar-refractivity contribution in [2.24, 2.45) is 0 Å². The molecule has 0 bridgehead atoms. The van der Waals surface area contributed by atoms with Crippen LogP contribution in [0.25, 0.3) is 0 Å². The molecule has 5 nitrogen and oxygen atoms in total. The van der Waals surface area contributed by atoms with Crippen LogP contribution in [0.15, 0.2) is 4.34 Å². The molecule has 1 rings (SSSR count). The second-order valence-electron chi connectivity index (χ2n) is 4.54. The molecule has 0 fully saturated rings. The number of thioether (sulfide) groups is 1. The molecule has 1 N–H and O–H groups in total. The highest BCUT2D eigenvalue weighted by molar-refractivity contribution is 8.01. The Morgan fingerprint density at radius 3 is 2.79 bits per heavy atom. The SMILES string of the molecule is CCc1nsc(SC(C)CC(C)(NC)C(=O)OC)n1. The predicted molar refractivity (Wildman–Crippen MR) is 78.7 cm³/mol. The molecule has 1 heterocycles. The van der Waals surface area contributed by atoms with Crippen LogP contribution in [-0.2, 0) is 16.0 Å². The summed E-state index contributed by atoms with van der Waals surface area (Å²) in [6.45, 7) is 5.97. The number of nitrogens with one attached hydrogen (secondary N) is 1. The molecule has 0 amide bonds. The van der Waals surface area contributed by atoms with Crippen LogP contribution in [0.3, 0.4) is 0 Å². The summed E-state index contributed by atoms with van der Waals surface area (Å²) in [5.74, 6) is 0.637. The van der Waals surface area contributed by atoms with Crippen LogP contribution in [0, 0.1) is 0 Å². The molecular weight excluding hydrogens is 282 g/mol. The first kappa shape index (κ1) is 16.4. The van der Waals surface area contributed by atoms with Gasteiger partial charge in [-0.2, -0.15) is 4.37 Å². The minimum absolute atomic E-state index is 0.242. The summed E-state index contributed by atoms with van der Waals surface area (Å²) in [5.41, 5.74) is -0.667. The average molecular weight is 303 g/mol. The first-order valence-corrected chi connectivity index (χ1v) is 7.87. The van der Waals surface area contributed by atoms with Crippen molar-refractivity contribution in [3.05, 3.63) is 5.82 Å². The van der Waals surface area contributed by atoms with Crippen LogP contribution in [-0.4, -0.2) is 40.3 Å². The Morgan fingerprint density at radius 1 is 1.63 bits per heavy atom. The number of aryl methyl sites for hydroxylation is 1. The zero-order chi connectivity index (χ0) is 14.5. The van der Waals surface area contributed by atoms with Crippen LogP contribution in [0.1, 0.15) is 33.0 Å². The molecule has 1 aromatic heterocycles. The number of likely N-dealkylation sites (N-methyl/N-ethyl adjacent to an activating group) is 1. The van der Waals surface area contributed by atoms with Gasteiger partial charge in [-0.15, -0.1) is 0 Å². The van der Waals surface area contributed by atoms with Crippen LogP contribution < -0.4 is 5.32 Å². The molecule has 2 unspecified atom stereocenters. The van der Waals surface area contributed by atoms with Crippen molar-refractivity contribution in [3.8, 4) is 0 Å². The largest absolute Gasteiger partial charge is 0.468 e. The Labute approximate surface area is 122 Å². The third-order valence-electron chi connectivity index (χ3n) is 2.95. The lowest BCUT2D eigenvalue weighted by atomic mass is 9.96. The molecular formula is C12H21N3O2S2. The minimum Gasteiger partial charge on any atom is -0.468 e. The highest BCUT2D eigenvalue weighted by Gasteiger charge is 2.34. The van der Waals surface area contributed by atoms with Crippen LogP contribution >= 0.6 is 23.3 Å². The summed E-state index contributed by atoms with van der Waals surface area (Å²) in [6, 6.07) is 0. The lowest BCUT2D eigenvalue weighted by Gasteiger charge is -2.28. The average Bonchev–Trinajstić information content (AvgIpc) is 2.84. The maximum Gasteiger partial charge on any atom is 0.325 e. The van der Waals surface area contributed by atoms with Crippen molar-refractivity contribution >= 4 is 29.3 Å². The molecule has 1 aromatic rings. The number of esters is 1. The molecule has 2 atom stereocenters. The molecule has 0 aliphatic heterocycles. The molecule has 108 valence electrons. The molecule has 0 aromatic carbocycles. The monoisotopic (exact) mass is 303 g/mol. The number of hydrogen-bond acceptors (Lipinski definition) is 7. The van der Waals surface area contributed by atoms with Crippen molar-refractivity contribution < 1.29 is 9.53 Å². The lowest BCUT2D eigenvalue weighted by molar-refractivity contribution is -0.147. The van der Waals surface area contributed by atoms with E-state index in [1.807, 2.05) is 13.8 Å². The molecule has 0 aliphatic carbocycles. The molecule has 0 radical (unpaired) electrons. The highest BCUT2D eigenvalue weighted by Crippen LogP contribution is 2.30. The number of aromatic nitrogens is 2. The first-order valence-electron chi connectivity index (χ1n) is 6.21. The van der Waals surface area contributed by atoms with Crippen molar-refractivity contribution in [3.63, 3.8) is 0 Å². The summed E-state index contributed by atoms with van der Waals surface area (Å²) < 4.78 is 10.1. The number of nitrogens with zero attached hydrogens (tertiary/aromatic N) is 2. The number of ether oxygens (including phenoxy) is 1. The standard InChI is InChI=1S/C12H21N3O2S2/c1-6-9-14-11(19-15-9)18-8(2)7-12(3,13-4)10(16)17-5/h8,13H,6-7H2,1-5H3. The Bertz CT molecular complexity index is 425. The maximum atomic E-state index is 11.8. The third-order valence-corrected chi connectivity index (χ3v) is 4.87. The number of hydrogen-bond donors (Lipinski definition) is 1. The van der Waals surface area contributed by atoms with E-state index < -0.39 is 5.54 Å². The predicted octanol–water partition coefficient (Wildman–Crippen LogP) is 2.12. The van der Waals surface area contributed by atoms with E-state index in [0.29, 0.717) is 6.42 Å². The number of carbonyl (C=O) groups excluding carboxylic acids is 1. The van der Waals surface area contributed by atoms with Gasteiger partial charge in [0.1, 0.15) is 11.4 Å². The van der Waals surface area contributed by atoms with E-state index in [1.54, 1.807) is 18.8 Å². The van der Waals surface area contributed by atoms with Gasteiger partial charge in [0.05, 0.1) is 7.11 Å². The fourth-order valence-corrected chi connectivity index (χ4v) is 3.93. The fraction of sp³-hybridized carbons (Fsp3) is 0.750. The van der Waals surface area contributed by atoms with E-state index in [9.17, 15) is 4.79 Å². The van der Waals surface area contributed by atoms with Gasteiger partial charge in [0.2, 0.25) is 0 Å². The van der Waals surface area contributed by atoms with E-state index in [-0.39, 0.29) is 11.2 Å². The van der Waals surface area contributed by atoms with Gasteiger partial charge in [0.25, 0.3) is 0 Å². The van der Waals surface area contributed by atoms with Crippen LogP contribution in [0.4, 0.5) is 0 Å². The van der Waals surface area contributed by atoms with E-state index in [0.717, 1.165) is 16.6 Å². The van der Waals surface area contributed by atoms with Gasteiger partial charge in [-0.25, -0.2) is 4.98 Å². The van der Waals surface area contributed by atoms with E-state index in [4.69, 9.17) is 4.74 Å². The summed E-state index contributed by atoms with van der Waals surface area (Å²) in [6.07, 6.45) is 1.52. The smallest absolute Gasteiger partial charge is 0.325 e. The summed E-state index contributed by atoms with van der Waals surface area (Å²) in [4.78, 5) is 16.2. The summed E-state index contributed by atoms with van der Waals surface area (Å²) in [5, 5.41) is 3.29. The van der Waals surface area contributed by atoms with E-state index in [1.165, 1.54) is 18.6 Å². The molecule has 0 saturated heterocycles. The van der Waals surface area contributed by atoms with Crippen LogP contribution in [0.2, 0.25) is 0 Å². The Balaban J connectivity index is 2.62. The van der Waals surface area contributed by atoms with Gasteiger partial charge in [-0.1, -0.05) is 25.6 Å². The molecule has 7 heteroatoms. The zero-order valence-corrected chi connectivity index (χ0v) is 13.7. The number of rotatable bonds is 7. The van der Waals surface area contributed by atoms with Crippen molar-refractivity contribution in [1.82, 2.24) is 14.7 Å². The molecule has 0 spiro atoms. The van der Waals surface area contributed by atoms with Crippen molar-refractivity contribution in [2.75, 3.05) is 14.2 Å². The van der Waals surface area contributed by atoms with Gasteiger partial charge in [-0.05, 0) is 31.9 Å². The quantitative estimate of drug-likeness (QED) is 0.615. The Morgan fingerprint density at radius 2 is 2.32 bits per heavy atom. The van der Waals surface area contributed by atoms with Crippen molar-refractivity contribution in [1.29, 1.82) is 0 Å². The second-order valence-corrected chi connectivity index (χ2v) is 6.97. The number of carbonyl (C=O) groups is 1. The Hall–Kier alpha value is -0.660. The van der Waals surface area contributed by atoms with Crippen LogP contribution in [0.5, 0.6) is 0 Å². The van der Waals surface area contributed by atoms with Gasteiger partial charge in [0, 0.05) is 11.7 Å². The highest BCUT2D eigenvalue weighted by atomic mass is 32.2. The molecule has 0 saturated carbocycles. The number of methoxy groups -OCH3 is 1. The Kier molecular flexibility index (Phi) is 6.22. The first-order chi connectivity index (χ1) is 8.95. The lowest BCUT2D eigenvalue weighted by Crippen LogP contribution is -2.49. The van der Waals surface area contributed by atoms with Gasteiger partial charge in [0.15, 0.2) is 4.34 Å². The van der Waals surface area contributed by atoms with Crippen molar-refractivity contribution in [2.45, 2.75) is 48.7 Å². The second kappa shape index (κ2) is 7.21. The fourth-order valence-electron chi connectivity index (χ4n) is 1.73. The molecule has 19 heavy (non-hydrogen) atoms. The minimum atomic E-state index is -0.667. The zero-order valence-electron chi connectivity index (χ0n) is 12.0. The third kappa shape index (κ3) is 4.43.